The van der Waals surface area contributed by atoms with Gasteiger partial charge in [-0.3, -0.25) is 29.4 Å². The molecule has 1 fully saturated rings. The molecule has 0 spiro atoms. The predicted molar refractivity (Wildman–Crippen MR) is 99.5 cm³/mol. The maximum Gasteiger partial charge on any atom is 0.264 e. The van der Waals surface area contributed by atoms with E-state index in [1.165, 1.54) is 0 Å². The highest BCUT2D eigenvalue weighted by molar-refractivity contribution is 6.25. The van der Waals surface area contributed by atoms with E-state index in [2.05, 4.69) is 20.7 Å². The molecule has 1 aromatic rings. The van der Waals surface area contributed by atoms with Crippen LogP contribution in [0, 0.1) is 0 Å². The lowest BCUT2D eigenvalue weighted by Crippen LogP contribution is -2.54. The third-order valence-electron chi connectivity index (χ3n) is 4.78. The van der Waals surface area contributed by atoms with Crippen molar-refractivity contribution in [2.45, 2.75) is 38.1 Å². The monoisotopic (exact) mass is 384 g/mol. The quantitative estimate of drug-likeness (QED) is 0.231. The van der Waals surface area contributed by atoms with E-state index < -0.39 is 29.7 Å². The van der Waals surface area contributed by atoms with Crippen molar-refractivity contribution in [1.29, 1.82) is 0 Å². The Morgan fingerprint density at radius 3 is 2.75 bits per heavy atom. The smallest absolute Gasteiger partial charge is 0.264 e. The summed E-state index contributed by atoms with van der Waals surface area (Å²) in [5.74, 6) is -2.07. The van der Waals surface area contributed by atoms with E-state index in [-0.39, 0.29) is 24.0 Å². The van der Waals surface area contributed by atoms with Gasteiger partial charge in [0.15, 0.2) is 0 Å². The van der Waals surface area contributed by atoms with Gasteiger partial charge in [-0.05, 0) is 36.9 Å². The Morgan fingerprint density at radius 1 is 1.18 bits per heavy atom. The maximum absolute atomic E-state index is 12.9. The minimum absolute atomic E-state index is 0.0881. The molecular formula is C18H20N6O4. The van der Waals surface area contributed by atoms with E-state index in [1.54, 1.807) is 18.2 Å². The second kappa shape index (κ2) is 8.53. The lowest BCUT2D eigenvalue weighted by atomic mass is 10.0. The average molecular weight is 384 g/mol. The van der Waals surface area contributed by atoms with Crippen LogP contribution in [0.4, 0.5) is 5.69 Å². The van der Waals surface area contributed by atoms with Crippen molar-refractivity contribution in [3.05, 3.63) is 39.8 Å². The molecule has 0 radical (unpaired) electrons. The van der Waals surface area contributed by atoms with E-state index >= 15 is 0 Å². The molecule has 0 aliphatic carbocycles. The molecule has 2 N–H and O–H groups in total. The van der Waals surface area contributed by atoms with Gasteiger partial charge in [-0.2, -0.15) is 0 Å². The number of carbonyl (C=O) groups is 4. The molecule has 2 aliphatic heterocycles. The summed E-state index contributed by atoms with van der Waals surface area (Å²) in [4.78, 5) is 52.8. The number of nitrogens with one attached hydrogen (secondary N) is 2. The van der Waals surface area contributed by atoms with Gasteiger partial charge in [0.25, 0.3) is 11.8 Å². The zero-order valence-electron chi connectivity index (χ0n) is 15.2. The van der Waals surface area contributed by atoms with Crippen LogP contribution in [0.5, 0.6) is 0 Å². The number of anilines is 1. The standard InChI is InChI=1S/C18H20N6O4/c19-23-21-10-3-1-2-9-20-12-6-4-5-11-15(12)18(28)24(17(11)27)13-7-8-14(25)22-16(13)26/h4-6,13,20H,1-3,7-10H2,(H,22,25,26). The van der Waals surface area contributed by atoms with Crippen LogP contribution in [-0.4, -0.2) is 47.7 Å². The highest BCUT2D eigenvalue weighted by Crippen LogP contribution is 2.32. The summed E-state index contributed by atoms with van der Waals surface area (Å²) in [6.45, 7) is 1.04. The first-order valence-electron chi connectivity index (χ1n) is 9.14. The Bertz CT molecular complexity index is 877. The van der Waals surface area contributed by atoms with E-state index in [9.17, 15) is 19.2 Å². The van der Waals surface area contributed by atoms with Crippen molar-refractivity contribution in [1.82, 2.24) is 10.2 Å². The average Bonchev–Trinajstić information content (AvgIpc) is 2.93. The Kier molecular flexibility index (Phi) is 5.90. The van der Waals surface area contributed by atoms with Crippen molar-refractivity contribution in [2.75, 3.05) is 18.4 Å². The van der Waals surface area contributed by atoms with Gasteiger partial charge in [0, 0.05) is 30.1 Å². The third-order valence-corrected chi connectivity index (χ3v) is 4.78. The third kappa shape index (κ3) is 3.81. The highest BCUT2D eigenvalue weighted by atomic mass is 16.2. The van der Waals surface area contributed by atoms with Gasteiger partial charge < -0.3 is 5.32 Å². The van der Waals surface area contributed by atoms with Crippen molar-refractivity contribution in [3.63, 3.8) is 0 Å². The fourth-order valence-corrected chi connectivity index (χ4v) is 3.41. The van der Waals surface area contributed by atoms with Crippen LogP contribution >= 0.6 is 0 Å². The first-order valence-corrected chi connectivity index (χ1v) is 9.14. The zero-order valence-corrected chi connectivity index (χ0v) is 15.2. The first-order chi connectivity index (χ1) is 13.5. The molecule has 1 saturated heterocycles. The lowest BCUT2D eigenvalue weighted by Gasteiger charge is -2.27. The molecule has 146 valence electrons. The van der Waals surface area contributed by atoms with Gasteiger partial charge in [0.05, 0.1) is 11.1 Å². The fraction of sp³-hybridized carbons (Fsp3) is 0.444. The molecule has 3 rings (SSSR count). The number of amides is 4. The zero-order chi connectivity index (χ0) is 20.1. The Hall–Kier alpha value is -3.39. The highest BCUT2D eigenvalue weighted by Gasteiger charge is 2.45. The largest absolute Gasteiger partial charge is 0.384 e. The van der Waals surface area contributed by atoms with E-state index in [0.717, 1.165) is 24.2 Å². The topological polar surface area (TPSA) is 144 Å². The van der Waals surface area contributed by atoms with E-state index in [0.29, 0.717) is 18.8 Å². The Balaban J connectivity index is 1.69. The lowest BCUT2D eigenvalue weighted by molar-refractivity contribution is -0.136. The summed E-state index contributed by atoms with van der Waals surface area (Å²) >= 11 is 0. The molecule has 2 heterocycles. The first kappa shape index (κ1) is 19.4. The molecule has 28 heavy (non-hydrogen) atoms. The summed E-state index contributed by atoms with van der Waals surface area (Å²) < 4.78 is 0. The number of unbranched alkanes of at least 4 members (excludes halogenated alkanes) is 2. The van der Waals surface area contributed by atoms with Crippen LogP contribution in [0.15, 0.2) is 23.3 Å². The maximum atomic E-state index is 12.9. The summed E-state index contributed by atoms with van der Waals surface area (Å²) in [5.41, 5.74) is 9.29. The number of fused-ring (bicyclic) bond motifs is 1. The number of hydrogen-bond acceptors (Lipinski definition) is 6. The number of azide groups is 1. The van der Waals surface area contributed by atoms with Crippen LogP contribution in [0.2, 0.25) is 0 Å². The molecule has 10 nitrogen and oxygen atoms in total. The van der Waals surface area contributed by atoms with Gasteiger partial charge in [0.1, 0.15) is 6.04 Å². The minimum Gasteiger partial charge on any atom is -0.384 e. The Labute approximate surface area is 160 Å². The van der Waals surface area contributed by atoms with E-state index in [4.69, 9.17) is 5.53 Å². The molecule has 1 atom stereocenters. The van der Waals surface area contributed by atoms with Gasteiger partial charge in [-0.15, -0.1) is 0 Å². The van der Waals surface area contributed by atoms with Crippen LogP contribution < -0.4 is 10.6 Å². The van der Waals surface area contributed by atoms with Crippen molar-refractivity contribution in [2.24, 2.45) is 5.11 Å². The molecule has 1 unspecified atom stereocenters. The molecular weight excluding hydrogens is 364 g/mol. The van der Waals surface area contributed by atoms with Gasteiger partial charge in [-0.1, -0.05) is 17.6 Å². The van der Waals surface area contributed by atoms with Crippen LogP contribution in [0.1, 0.15) is 52.8 Å². The Morgan fingerprint density at radius 2 is 2.00 bits per heavy atom. The van der Waals surface area contributed by atoms with Gasteiger partial charge in [0.2, 0.25) is 11.8 Å². The molecule has 0 saturated carbocycles. The number of imide groups is 2. The SMILES string of the molecule is [N-]=[N+]=NCCCCCNc1cccc2c1C(=O)N(C1CCC(=O)NC1=O)C2=O. The number of carbonyl (C=O) groups excluding carboxylic acids is 4. The van der Waals surface area contributed by atoms with E-state index in [1.807, 2.05) is 0 Å². The number of rotatable bonds is 8. The number of hydrogen-bond donors (Lipinski definition) is 2. The normalized spacial score (nSPS) is 18.6. The summed E-state index contributed by atoms with van der Waals surface area (Å²) in [5, 5.41) is 8.83. The fourth-order valence-electron chi connectivity index (χ4n) is 3.41. The molecule has 0 aromatic heterocycles. The molecule has 10 heteroatoms. The van der Waals surface area contributed by atoms with Gasteiger partial charge >= 0.3 is 0 Å². The molecule has 1 aromatic carbocycles. The second-order valence-corrected chi connectivity index (χ2v) is 6.62. The molecule has 4 amide bonds. The summed E-state index contributed by atoms with van der Waals surface area (Å²) in [7, 11) is 0. The number of nitrogens with zero attached hydrogens (tertiary/aromatic N) is 4. The summed E-state index contributed by atoms with van der Waals surface area (Å²) in [6.07, 6.45) is 2.66. The second-order valence-electron chi connectivity index (χ2n) is 6.62. The predicted octanol–water partition coefficient (Wildman–Crippen LogP) is 1.98. The van der Waals surface area contributed by atoms with Crippen molar-refractivity contribution >= 4 is 29.3 Å². The van der Waals surface area contributed by atoms with Crippen molar-refractivity contribution < 1.29 is 19.2 Å². The van der Waals surface area contributed by atoms with Crippen molar-refractivity contribution in [3.8, 4) is 0 Å². The minimum atomic E-state index is -0.973. The van der Waals surface area contributed by atoms with Gasteiger partial charge in [-0.25, -0.2) is 0 Å². The molecule has 0 bridgehead atoms. The van der Waals surface area contributed by atoms with Crippen LogP contribution in [-0.2, 0) is 9.59 Å². The van der Waals surface area contributed by atoms with Crippen LogP contribution in [0.3, 0.4) is 0 Å². The van der Waals surface area contributed by atoms with Crippen LogP contribution in [0.25, 0.3) is 10.4 Å². The number of piperidine rings is 1. The molecule has 2 aliphatic rings. The summed E-state index contributed by atoms with van der Waals surface area (Å²) in [6, 6.07) is 3.99. The number of benzene rings is 1.